The van der Waals surface area contributed by atoms with E-state index >= 15 is 0 Å². The van der Waals surface area contributed by atoms with Crippen molar-refractivity contribution in [3.05, 3.63) is 30.3 Å². The van der Waals surface area contributed by atoms with Crippen molar-refractivity contribution in [3.63, 3.8) is 0 Å². The second-order valence-electron chi connectivity index (χ2n) is 5.78. The third kappa shape index (κ3) is 7.14. The summed E-state index contributed by atoms with van der Waals surface area (Å²) in [5.41, 5.74) is -0.857. The van der Waals surface area contributed by atoms with Gasteiger partial charge in [0.25, 0.3) is 0 Å². The molecule has 0 heterocycles. The van der Waals surface area contributed by atoms with Gasteiger partial charge in [0, 0.05) is 6.54 Å². The molecule has 0 saturated heterocycles. The van der Waals surface area contributed by atoms with Crippen LogP contribution < -0.4 is 10.1 Å². The molecule has 1 aromatic carbocycles. The van der Waals surface area contributed by atoms with Crippen LogP contribution in [0.2, 0.25) is 0 Å². The molecular weight excluding hydrogens is 254 g/mol. The van der Waals surface area contributed by atoms with Crippen LogP contribution in [-0.4, -0.2) is 29.8 Å². The summed E-state index contributed by atoms with van der Waals surface area (Å²) in [6.45, 7) is 6.44. The van der Waals surface area contributed by atoms with Crippen molar-refractivity contribution < 1.29 is 14.6 Å². The number of nitrogens with one attached hydrogen (secondary N) is 1. The number of amides is 1. The average molecular weight is 279 g/mol. The summed E-state index contributed by atoms with van der Waals surface area (Å²) in [5.74, 6) is 1.04. The summed E-state index contributed by atoms with van der Waals surface area (Å²) >= 11 is 0. The van der Waals surface area contributed by atoms with Gasteiger partial charge in [-0.25, -0.2) is 0 Å². The predicted molar refractivity (Wildman–Crippen MR) is 79.6 cm³/mol. The number of hydrogen-bond donors (Lipinski definition) is 2. The van der Waals surface area contributed by atoms with Crippen molar-refractivity contribution in [2.24, 2.45) is 5.92 Å². The van der Waals surface area contributed by atoms with E-state index in [0.717, 1.165) is 5.75 Å². The topological polar surface area (TPSA) is 58.6 Å². The summed E-state index contributed by atoms with van der Waals surface area (Å²) < 4.78 is 5.45. The average Bonchev–Trinajstić information content (AvgIpc) is 2.36. The Labute approximate surface area is 121 Å². The zero-order chi connectivity index (χ0) is 15.0. The number of carbonyl (C=O) groups excluding carboxylic acids is 1. The fourth-order valence-electron chi connectivity index (χ4n) is 2.11. The van der Waals surface area contributed by atoms with E-state index in [4.69, 9.17) is 4.74 Å². The molecule has 0 radical (unpaired) electrons. The van der Waals surface area contributed by atoms with E-state index in [1.54, 1.807) is 6.92 Å². The van der Waals surface area contributed by atoms with Crippen molar-refractivity contribution in [2.75, 3.05) is 13.2 Å². The lowest BCUT2D eigenvalue weighted by Crippen LogP contribution is -2.41. The van der Waals surface area contributed by atoms with Gasteiger partial charge in [-0.05, 0) is 31.4 Å². The van der Waals surface area contributed by atoms with Gasteiger partial charge in [-0.1, -0.05) is 32.0 Å². The molecule has 4 nitrogen and oxygen atoms in total. The SMILES string of the molecule is CC(C)CC(C)(O)CNC(=O)CCOc1ccccc1. The first kappa shape index (κ1) is 16.5. The first-order chi connectivity index (χ1) is 9.39. The maximum absolute atomic E-state index is 11.7. The fraction of sp³-hybridized carbons (Fsp3) is 0.562. The standard InChI is InChI=1S/C16H25NO3/c1-13(2)11-16(3,19)12-17-15(18)9-10-20-14-7-5-4-6-8-14/h4-8,13,19H,9-12H2,1-3H3,(H,17,18). The Kier molecular flexibility index (Phi) is 6.52. The molecule has 0 aromatic heterocycles. The molecule has 0 bridgehead atoms. The molecule has 1 amide bonds. The summed E-state index contributed by atoms with van der Waals surface area (Å²) in [6, 6.07) is 9.39. The van der Waals surface area contributed by atoms with Crippen LogP contribution in [0.3, 0.4) is 0 Å². The highest BCUT2D eigenvalue weighted by Gasteiger charge is 2.22. The summed E-state index contributed by atoms with van der Waals surface area (Å²) in [7, 11) is 0. The van der Waals surface area contributed by atoms with E-state index in [9.17, 15) is 9.90 Å². The van der Waals surface area contributed by atoms with Crippen LogP contribution >= 0.6 is 0 Å². The number of ether oxygens (including phenoxy) is 1. The van der Waals surface area contributed by atoms with E-state index in [1.807, 2.05) is 44.2 Å². The van der Waals surface area contributed by atoms with Gasteiger partial charge in [0.15, 0.2) is 0 Å². The fourth-order valence-corrected chi connectivity index (χ4v) is 2.11. The summed E-state index contributed by atoms with van der Waals surface area (Å²) in [6.07, 6.45) is 0.945. The minimum Gasteiger partial charge on any atom is -0.493 e. The van der Waals surface area contributed by atoms with E-state index in [-0.39, 0.29) is 18.9 Å². The summed E-state index contributed by atoms with van der Waals surface area (Å²) in [4.78, 5) is 11.7. The maximum atomic E-state index is 11.7. The second-order valence-corrected chi connectivity index (χ2v) is 5.78. The summed E-state index contributed by atoms with van der Waals surface area (Å²) in [5, 5.41) is 12.8. The third-order valence-electron chi connectivity index (χ3n) is 2.86. The smallest absolute Gasteiger partial charge is 0.223 e. The number of para-hydroxylation sites is 1. The molecule has 0 aliphatic rings. The van der Waals surface area contributed by atoms with Crippen molar-refractivity contribution in [1.82, 2.24) is 5.32 Å². The zero-order valence-corrected chi connectivity index (χ0v) is 12.6. The van der Waals surface area contributed by atoms with E-state index in [0.29, 0.717) is 18.9 Å². The van der Waals surface area contributed by atoms with Gasteiger partial charge in [-0.15, -0.1) is 0 Å². The van der Waals surface area contributed by atoms with Gasteiger partial charge in [0.05, 0.1) is 18.6 Å². The normalized spacial score (nSPS) is 13.8. The van der Waals surface area contributed by atoms with Crippen molar-refractivity contribution in [2.45, 2.75) is 39.2 Å². The van der Waals surface area contributed by atoms with E-state index < -0.39 is 5.60 Å². The van der Waals surface area contributed by atoms with Crippen molar-refractivity contribution in [1.29, 1.82) is 0 Å². The van der Waals surface area contributed by atoms with Crippen LogP contribution in [0.4, 0.5) is 0 Å². The van der Waals surface area contributed by atoms with E-state index in [2.05, 4.69) is 5.32 Å². The molecule has 0 aliphatic carbocycles. The second kappa shape index (κ2) is 7.90. The quantitative estimate of drug-likeness (QED) is 0.768. The highest BCUT2D eigenvalue weighted by atomic mass is 16.5. The molecule has 112 valence electrons. The van der Waals surface area contributed by atoms with Gasteiger partial charge in [-0.2, -0.15) is 0 Å². The molecule has 0 saturated carbocycles. The monoisotopic (exact) mass is 279 g/mol. The molecule has 4 heteroatoms. The van der Waals surface area contributed by atoms with Crippen LogP contribution in [0.25, 0.3) is 0 Å². The Morgan fingerprint density at radius 1 is 1.35 bits per heavy atom. The Morgan fingerprint density at radius 3 is 2.60 bits per heavy atom. The molecule has 0 fully saturated rings. The van der Waals surface area contributed by atoms with Crippen LogP contribution in [0.15, 0.2) is 30.3 Å². The Hall–Kier alpha value is -1.55. The zero-order valence-electron chi connectivity index (χ0n) is 12.6. The molecule has 20 heavy (non-hydrogen) atoms. The minimum absolute atomic E-state index is 0.107. The van der Waals surface area contributed by atoms with Gasteiger partial charge in [0.2, 0.25) is 5.91 Å². The predicted octanol–water partition coefficient (Wildman–Crippen LogP) is 2.37. The van der Waals surface area contributed by atoms with Crippen LogP contribution in [0, 0.1) is 5.92 Å². The first-order valence-electron chi connectivity index (χ1n) is 7.06. The largest absolute Gasteiger partial charge is 0.493 e. The lowest BCUT2D eigenvalue weighted by molar-refractivity contribution is -0.122. The Bertz CT molecular complexity index is 401. The highest BCUT2D eigenvalue weighted by Crippen LogP contribution is 2.15. The van der Waals surface area contributed by atoms with Crippen molar-refractivity contribution in [3.8, 4) is 5.75 Å². The highest BCUT2D eigenvalue weighted by molar-refractivity contribution is 5.76. The molecule has 1 unspecified atom stereocenters. The lowest BCUT2D eigenvalue weighted by Gasteiger charge is -2.25. The van der Waals surface area contributed by atoms with Gasteiger partial charge in [0.1, 0.15) is 5.75 Å². The molecule has 0 spiro atoms. The van der Waals surface area contributed by atoms with E-state index in [1.165, 1.54) is 0 Å². The number of hydrogen-bond acceptors (Lipinski definition) is 3. The maximum Gasteiger partial charge on any atom is 0.223 e. The molecule has 2 N–H and O–H groups in total. The van der Waals surface area contributed by atoms with Gasteiger partial charge < -0.3 is 15.2 Å². The lowest BCUT2D eigenvalue weighted by atomic mass is 9.94. The first-order valence-corrected chi connectivity index (χ1v) is 7.06. The number of aliphatic hydroxyl groups is 1. The van der Waals surface area contributed by atoms with Crippen LogP contribution in [0.1, 0.15) is 33.6 Å². The Morgan fingerprint density at radius 2 is 2.00 bits per heavy atom. The molecule has 1 atom stereocenters. The van der Waals surface area contributed by atoms with Gasteiger partial charge in [-0.3, -0.25) is 4.79 Å². The van der Waals surface area contributed by atoms with Gasteiger partial charge >= 0.3 is 0 Å². The number of rotatable bonds is 8. The minimum atomic E-state index is -0.857. The Balaban J connectivity index is 2.20. The van der Waals surface area contributed by atoms with Crippen molar-refractivity contribution >= 4 is 5.91 Å². The number of carbonyl (C=O) groups is 1. The van der Waals surface area contributed by atoms with Crippen LogP contribution in [0.5, 0.6) is 5.75 Å². The number of benzene rings is 1. The molecule has 1 aromatic rings. The third-order valence-corrected chi connectivity index (χ3v) is 2.86. The molecular formula is C16H25NO3. The molecule has 1 rings (SSSR count). The van der Waals surface area contributed by atoms with Crippen LogP contribution in [-0.2, 0) is 4.79 Å². The molecule has 0 aliphatic heterocycles.